The fourth-order valence-corrected chi connectivity index (χ4v) is 3.19. The van der Waals surface area contributed by atoms with E-state index in [1.54, 1.807) is 24.3 Å². The maximum Gasteiger partial charge on any atom is 0.269 e. The first kappa shape index (κ1) is 16.2. The summed E-state index contributed by atoms with van der Waals surface area (Å²) in [5.74, 6) is -0.0223. The van der Waals surface area contributed by atoms with Gasteiger partial charge in [-0.15, -0.1) is 0 Å². The average molecular weight is 322 g/mol. The Hall–Kier alpha value is -2.62. The number of nitrogens with one attached hydrogen (secondary N) is 2. The molecule has 2 N–H and O–H groups in total. The first-order valence-corrected chi connectivity index (χ1v) is 8.50. The second-order valence-corrected chi connectivity index (χ2v) is 6.23. The molecule has 4 heteroatoms. The molecule has 124 valence electrons. The summed E-state index contributed by atoms with van der Waals surface area (Å²) in [5, 5.41) is 0. The highest BCUT2D eigenvalue weighted by Crippen LogP contribution is 2.32. The van der Waals surface area contributed by atoms with E-state index in [0.29, 0.717) is 17.0 Å². The summed E-state index contributed by atoms with van der Waals surface area (Å²) in [7, 11) is 0. The second kappa shape index (κ2) is 7.77. The lowest BCUT2D eigenvalue weighted by atomic mass is 9.84. The van der Waals surface area contributed by atoms with Gasteiger partial charge in [0.2, 0.25) is 0 Å². The second-order valence-electron chi connectivity index (χ2n) is 6.23. The third-order valence-corrected chi connectivity index (χ3v) is 4.57. The Morgan fingerprint density at radius 3 is 1.83 bits per heavy atom. The van der Waals surface area contributed by atoms with Gasteiger partial charge < -0.3 is 0 Å². The first-order chi connectivity index (χ1) is 11.7. The molecular formula is C20H22N2O2. The highest BCUT2D eigenvalue weighted by molar-refractivity contribution is 5.99. The Balaban J connectivity index is 1.56. The predicted octanol–water partition coefficient (Wildman–Crippen LogP) is 3.81. The van der Waals surface area contributed by atoms with E-state index in [4.69, 9.17) is 0 Å². The fraction of sp³-hybridized carbons (Fsp3) is 0.300. The van der Waals surface area contributed by atoms with Crippen molar-refractivity contribution in [2.75, 3.05) is 0 Å². The van der Waals surface area contributed by atoms with Gasteiger partial charge in [-0.05, 0) is 48.6 Å². The van der Waals surface area contributed by atoms with Gasteiger partial charge in [0, 0.05) is 11.1 Å². The Bertz CT molecular complexity index is 689. The van der Waals surface area contributed by atoms with Gasteiger partial charge in [0.15, 0.2) is 0 Å². The quantitative estimate of drug-likeness (QED) is 0.844. The molecule has 3 rings (SSSR count). The number of benzene rings is 2. The van der Waals surface area contributed by atoms with Gasteiger partial charge in [-0.1, -0.05) is 49.6 Å². The van der Waals surface area contributed by atoms with Crippen LogP contribution in [-0.4, -0.2) is 11.8 Å². The largest absolute Gasteiger partial charge is 0.269 e. The summed E-state index contributed by atoms with van der Waals surface area (Å²) >= 11 is 0. The standard InChI is InChI=1S/C20H22N2O2/c23-19(17-9-5-2-6-10-17)21-22-20(24)18-13-11-16(12-14-18)15-7-3-1-4-8-15/h2,5-6,9-15H,1,3-4,7-8H2,(H,21,23)(H,22,24). The molecule has 0 heterocycles. The summed E-state index contributed by atoms with van der Waals surface area (Å²) in [5.41, 5.74) is 7.25. The zero-order valence-corrected chi connectivity index (χ0v) is 13.6. The lowest BCUT2D eigenvalue weighted by Crippen LogP contribution is -2.41. The summed E-state index contributed by atoms with van der Waals surface area (Å²) in [6, 6.07) is 16.5. The molecule has 1 aliphatic rings. The van der Waals surface area contributed by atoms with Crippen LogP contribution in [0, 0.1) is 0 Å². The van der Waals surface area contributed by atoms with E-state index < -0.39 is 0 Å². The number of carbonyl (C=O) groups excluding carboxylic acids is 2. The Kier molecular flexibility index (Phi) is 5.26. The minimum atomic E-state index is -0.331. The van der Waals surface area contributed by atoms with Gasteiger partial charge in [-0.3, -0.25) is 20.4 Å². The zero-order valence-electron chi connectivity index (χ0n) is 13.6. The third kappa shape index (κ3) is 4.02. The molecule has 0 saturated heterocycles. The summed E-state index contributed by atoms with van der Waals surface area (Å²) < 4.78 is 0. The fourth-order valence-electron chi connectivity index (χ4n) is 3.19. The molecule has 2 aromatic rings. The molecule has 0 bridgehead atoms. The van der Waals surface area contributed by atoms with Gasteiger partial charge in [-0.2, -0.15) is 0 Å². The number of hydrogen-bond donors (Lipinski definition) is 2. The van der Waals surface area contributed by atoms with E-state index in [-0.39, 0.29) is 11.8 Å². The highest BCUT2D eigenvalue weighted by atomic mass is 16.2. The van der Waals surface area contributed by atoms with E-state index in [2.05, 4.69) is 10.9 Å². The molecule has 0 unspecified atom stereocenters. The SMILES string of the molecule is O=C(NNC(=O)c1ccc(C2CCCCC2)cc1)c1ccccc1. The minimum absolute atomic E-state index is 0.311. The van der Waals surface area contributed by atoms with Crippen LogP contribution in [0.1, 0.15) is 64.3 Å². The molecule has 0 spiro atoms. The molecule has 1 saturated carbocycles. The highest BCUT2D eigenvalue weighted by Gasteiger charge is 2.16. The van der Waals surface area contributed by atoms with Crippen LogP contribution < -0.4 is 10.9 Å². The van der Waals surface area contributed by atoms with Crippen LogP contribution >= 0.6 is 0 Å². The van der Waals surface area contributed by atoms with Crippen LogP contribution in [0.25, 0.3) is 0 Å². The number of hydrazine groups is 1. The molecule has 0 atom stereocenters. The van der Waals surface area contributed by atoms with Crippen molar-refractivity contribution in [3.63, 3.8) is 0 Å². The van der Waals surface area contributed by atoms with Gasteiger partial charge in [0.1, 0.15) is 0 Å². The molecule has 0 aromatic heterocycles. The Morgan fingerprint density at radius 2 is 1.25 bits per heavy atom. The molecule has 24 heavy (non-hydrogen) atoms. The van der Waals surface area contributed by atoms with Crippen molar-refractivity contribution in [2.24, 2.45) is 0 Å². The van der Waals surface area contributed by atoms with Gasteiger partial charge >= 0.3 is 0 Å². The van der Waals surface area contributed by atoms with Crippen LogP contribution in [0.5, 0.6) is 0 Å². The lowest BCUT2D eigenvalue weighted by molar-refractivity contribution is 0.0846. The third-order valence-electron chi connectivity index (χ3n) is 4.57. The number of rotatable bonds is 3. The molecule has 2 amide bonds. The molecule has 4 nitrogen and oxygen atoms in total. The van der Waals surface area contributed by atoms with Gasteiger partial charge in [0.05, 0.1) is 0 Å². The van der Waals surface area contributed by atoms with Crippen LogP contribution in [-0.2, 0) is 0 Å². The number of amides is 2. The van der Waals surface area contributed by atoms with Crippen LogP contribution in [0.4, 0.5) is 0 Å². The van der Waals surface area contributed by atoms with Crippen LogP contribution in [0.2, 0.25) is 0 Å². The van der Waals surface area contributed by atoms with Crippen molar-refractivity contribution >= 4 is 11.8 Å². The Labute approximate surface area is 142 Å². The Morgan fingerprint density at radius 1 is 0.708 bits per heavy atom. The molecule has 0 aliphatic heterocycles. The van der Waals surface area contributed by atoms with Crippen molar-refractivity contribution in [1.29, 1.82) is 0 Å². The molecule has 2 aromatic carbocycles. The van der Waals surface area contributed by atoms with Crippen molar-refractivity contribution in [1.82, 2.24) is 10.9 Å². The maximum absolute atomic E-state index is 12.1. The first-order valence-electron chi connectivity index (χ1n) is 8.50. The van der Waals surface area contributed by atoms with E-state index in [1.165, 1.54) is 37.7 Å². The summed E-state index contributed by atoms with van der Waals surface area (Å²) in [6.45, 7) is 0. The number of hydrogen-bond acceptors (Lipinski definition) is 2. The van der Waals surface area contributed by atoms with E-state index in [0.717, 1.165) is 0 Å². The van der Waals surface area contributed by atoms with Crippen molar-refractivity contribution in [2.45, 2.75) is 38.0 Å². The summed E-state index contributed by atoms with van der Waals surface area (Å²) in [4.78, 5) is 24.1. The van der Waals surface area contributed by atoms with Crippen molar-refractivity contribution < 1.29 is 9.59 Å². The van der Waals surface area contributed by atoms with Crippen LogP contribution in [0.3, 0.4) is 0 Å². The van der Waals surface area contributed by atoms with E-state index >= 15 is 0 Å². The average Bonchev–Trinajstić information content (AvgIpc) is 2.67. The monoisotopic (exact) mass is 322 g/mol. The van der Waals surface area contributed by atoms with Gasteiger partial charge in [-0.25, -0.2) is 0 Å². The predicted molar refractivity (Wildman–Crippen MR) is 93.6 cm³/mol. The molecule has 1 aliphatic carbocycles. The lowest BCUT2D eigenvalue weighted by Gasteiger charge is -2.22. The zero-order chi connectivity index (χ0) is 16.8. The topological polar surface area (TPSA) is 58.2 Å². The smallest absolute Gasteiger partial charge is 0.267 e. The summed E-state index contributed by atoms with van der Waals surface area (Å²) in [6.07, 6.45) is 6.38. The van der Waals surface area contributed by atoms with E-state index in [9.17, 15) is 9.59 Å². The van der Waals surface area contributed by atoms with Crippen LogP contribution in [0.15, 0.2) is 54.6 Å². The van der Waals surface area contributed by atoms with Crippen molar-refractivity contribution in [3.8, 4) is 0 Å². The van der Waals surface area contributed by atoms with Gasteiger partial charge in [0.25, 0.3) is 11.8 Å². The number of carbonyl (C=O) groups is 2. The molecule has 0 radical (unpaired) electrons. The van der Waals surface area contributed by atoms with E-state index in [1.807, 2.05) is 30.3 Å². The molecule has 1 fully saturated rings. The maximum atomic E-state index is 12.1. The molecular weight excluding hydrogens is 300 g/mol. The minimum Gasteiger partial charge on any atom is -0.267 e. The van der Waals surface area contributed by atoms with Crippen molar-refractivity contribution in [3.05, 3.63) is 71.3 Å². The normalized spacial score (nSPS) is 14.8.